The summed E-state index contributed by atoms with van der Waals surface area (Å²) in [7, 11) is 0. The third-order valence-corrected chi connectivity index (χ3v) is 3.21. The predicted octanol–water partition coefficient (Wildman–Crippen LogP) is 2.40. The summed E-state index contributed by atoms with van der Waals surface area (Å²) in [4.78, 5) is 21.5. The maximum Gasteiger partial charge on any atom is 0.302 e. The predicted molar refractivity (Wildman–Crippen MR) is 69.0 cm³/mol. The molecule has 100 valence electrons. The zero-order valence-corrected chi connectivity index (χ0v) is 11.7. The van der Waals surface area contributed by atoms with Crippen molar-refractivity contribution in [2.45, 2.75) is 46.1 Å². The van der Waals surface area contributed by atoms with Crippen molar-refractivity contribution >= 4 is 23.7 Å². The Hall–Kier alpha value is -0.710. The minimum atomic E-state index is -0.301. The van der Waals surface area contributed by atoms with Crippen LogP contribution in [0.3, 0.4) is 0 Å². The molecule has 0 saturated heterocycles. The topological polar surface area (TPSA) is 52.6 Å². The molecule has 1 unspecified atom stereocenters. The molecule has 17 heavy (non-hydrogen) atoms. The molecule has 0 heterocycles. The lowest BCUT2D eigenvalue weighted by Gasteiger charge is -2.16. The maximum atomic E-state index is 10.9. The van der Waals surface area contributed by atoms with Crippen molar-refractivity contribution in [1.29, 1.82) is 0 Å². The van der Waals surface area contributed by atoms with Gasteiger partial charge in [-0.3, -0.25) is 9.59 Å². The molecule has 0 aromatic rings. The van der Waals surface area contributed by atoms with Gasteiger partial charge >= 0.3 is 11.9 Å². The Morgan fingerprint density at radius 1 is 1.24 bits per heavy atom. The molecule has 0 aliphatic heterocycles. The largest absolute Gasteiger partial charge is 0.466 e. The molecule has 0 spiro atoms. The quantitative estimate of drug-likeness (QED) is 0.472. The number of rotatable bonds is 9. The van der Waals surface area contributed by atoms with Gasteiger partial charge in [0.15, 0.2) is 0 Å². The minimum absolute atomic E-state index is 0.159. The molecule has 5 heteroatoms. The number of carbonyl (C=O) groups is 2. The SMILES string of the molecule is CCCCSCC(CCOC(C)=O)OC(C)=O. The number of hydrogen-bond donors (Lipinski definition) is 0. The molecule has 4 nitrogen and oxygen atoms in total. The van der Waals surface area contributed by atoms with E-state index in [1.807, 2.05) is 0 Å². The summed E-state index contributed by atoms with van der Waals surface area (Å²) in [5, 5.41) is 0. The van der Waals surface area contributed by atoms with Crippen LogP contribution in [0.2, 0.25) is 0 Å². The molecule has 0 fully saturated rings. The van der Waals surface area contributed by atoms with E-state index in [9.17, 15) is 9.59 Å². The first kappa shape index (κ1) is 16.3. The van der Waals surface area contributed by atoms with E-state index < -0.39 is 0 Å². The highest BCUT2D eigenvalue weighted by atomic mass is 32.2. The van der Waals surface area contributed by atoms with Gasteiger partial charge in [0.2, 0.25) is 0 Å². The number of esters is 2. The summed E-state index contributed by atoms with van der Waals surface area (Å²) in [5.74, 6) is 1.25. The van der Waals surface area contributed by atoms with E-state index in [0.29, 0.717) is 13.0 Å². The monoisotopic (exact) mass is 262 g/mol. The lowest BCUT2D eigenvalue weighted by Crippen LogP contribution is -2.22. The number of unbranched alkanes of at least 4 members (excludes halogenated alkanes) is 1. The molecule has 0 amide bonds. The second kappa shape index (κ2) is 10.4. The van der Waals surface area contributed by atoms with Gasteiger partial charge in [-0.05, 0) is 12.2 Å². The van der Waals surface area contributed by atoms with Crippen LogP contribution < -0.4 is 0 Å². The van der Waals surface area contributed by atoms with Crippen LogP contribution in [-0.4, -0.2) is 36.2 Å². The van der Waals surface area contributed by atoms with Crippen LogP contribution in [0.4, 0.5) is 0 Å². The van der Waals surface area contributed by atoms with Gasteiger partial charge in [0, 0.05) is 26.0 Å². The fourth-order valence-electron chi connectivity index (χ4n) is 1.21. The van der Waals surface area contributed by atoms with Gasteiger partial charge < -0.3 is 9.47 Å². The highest BCUT2D eigenvalue weighted by molar-refractivity contribution is 7.99. The van der Waals surface area contributed by atoms with Crippen LogP contribution in [0.25, 0.3) is 0 Å². The average molecular weight is 262 g/mol. The molecular weight excluding hydrogens is 240 g/mol. The van der Waals surface area contributed by atoms with E-state index in [0.717, 1.165) is 11.5 Å². The summed E-state index contributed by atoms with van der Waals surface area (Å²) < 4.78 is 10.0. The van der Waals surface area contributed by atoms with Crippen molar-refractivity contribution in [3.8, 4) is 0 Å². The molecule has 0 aromatic heterocycles. The summed E-state index contributed by atoms with van der Waals surface area (Å²) >= 11 is 1.77. The van der Waals surface area contributed by atoms with Gasteiger partial charge in [-0.25, -0.2) is 0 Å². The fourth-order valence-corrected chi connectivity index (χ4v) is 2.36. The second-order valence-corrected chi connectivity index (χ2v) is 4.94. The lowest BCUT2D eigenvalue weighted by atomic mass is 10.3. The van der Waals surface area contributed by atoms with Crippen LogP contribution in [0.15, 0.2) is 0 Å². The van der Waals surface area contributed by atoms with Gasteiger partial charge in [0.1, 0.15) is 6.10 Å². The van der Waals surface area contributed by atoms with Crippen molar-refractivity contribution in [1.82, 2.24) is 0 Å². The van der Waals surface area contributed by atoms with Crippen molar-refractivity contribution in [2.24, 2.45) is 0 Å². The van der Waals surface area contributed by atoms with Crippen molar-refractivity contribution in [3.05, 3.63) is 0 Å². The Bertz CT molecular complexity index is 231. The Morgan fingerprint density at radius 2 is 1.94 bits per heavy atom. The van der Waals surface area contributed by atoms with Gasteiger partial charge in [0.05, 0.1) is 6.61 Å². The molecule has 1 atom stereocenters. The van der Waals surface area contributed by atoms with E-state index in [1.54, 1.807) is 11.8 Å². The first-order chi connectivity index (χ1) is 8.06. The van der Waals surface area contributed by atoms with E-state index in [-0.39, 0.29) is 18.0 Å². The summed E-state index contributed by atoms with van der Waals surface area (Å²) in [6, 6.07) is 0. The van der Waals surface area contributed by atoms with Crippen molar-refractivity contribution in [3.63, 3.8) is 0 Å². The van der Waals surface area contributed by atoms with Gasteiger partial charge in [-0.15, -0.1) is 0 Å². The van der Waals surface area contributed by atoms with Gasteiger partial charge in [0.25, 0.3) is 0 Å². The van der Waals surface area contributed by atoms with Crippen molar-refractivity contribution in [2.75, 3.05) is 18.1 Å². The Morgan fingerprint density at radius 3 is 2.47 bits per heavy atom. The van der Waals surface area contributed by atoms with E-state index >= 15 is 0 Å². The average Bonchev–Trinajstić information content (AvgIpc) is 2.22. The molecule has 0 aliphatic carbocycles. The van der Waals surface area contributed by atoms with Crippen molar-refractivity contribution < 1.29 is 19.1 Å². The number of carbonyl (C=O) groups excluding carboxylic acids is 2. The van der Waals surface area contributed by atoms with Gasteiger partial charge in [-0.2, -0.15) is 11.8 Å². The number of hydrogen-bond acceptors (Lipinski definition) is 5. The molecule has 0 rings (SSSR count). The normalized spacial score (nSPS) is 11.9. The summed E-state index contributed by atoms with van der Waals surface area (Å²) in [5.41, 5.74) is 0. The van der Waals surface area contributed by atoms with E-state index in [4.69, 9.17) is 9.47 Å². The Labute approximate surface area is 107 Å². The third kappa shape index (κ3) is 11.6. The summed E-state index contributed by atoms with van der Waals surface area (Å²) in [6.07, 6.45) is 2.74. The van der Waals surface area contributed by atoms with Crippen LogP contribution in [-0.2, 0) is 19.1 Å². The molecule has 0 radical (unpaired) electrons. The van der Waals surface area contributed by atoms with Crippen LogP contribution in [0.1, 0.15) is 40.0 Å². The zero-order chi connectivity index (χ0) is 13.1. The van der Waals surface area contributed by atoms with Crippen LogP contribution in [0, 0.1) is 0 Å². The standard InChI is InChI=1S/C12H22O4S/c1-4-5-8-17-9-12(16-11(3)14)6-7-15-10(2)13/h12H,4-9H2,1-3H3. The highest BCUT2D eigenvalue weighted by Gasteiger charge is 2.12. The van der Waals surface area contributed by atoms with E-state index in [1.165, 1.54) is 26.7 Å². The Kier molecular flexibility index (Phi) is 10.0. The molecule has 0 aliphatic rings. The molecule has 0 saturated carbocycles. The molecule has 0 aromatic carbocycles. The minimum Gasteiger partial charge on any atom is -0.466 e. The van der Waals surface area contributed by atoms with E-state index in [2.05, 4.69) is 6.92 Å². The van der Waals surface area contributed by atoms with Crippen LogP contribution >= 0.6 is 11.8 Å². The fraction of sp³-hybridized carbons (Fsp3) is 0.833. The van der Waals surface area contributed by atoms with Gasteiger partial charge in [-0.1, -0.05) is 13.3 Å². The third-order valence-electron chi connectivity index (χ3n) is 2.02. The molecule has 0 bridgehead atoms. The first-order valence-electron chi connectivity index (χ1n) is 5.94. The number of ether oxygens (including phenoxy) is 2. The number of thioether (sulfide) groups is 1. The smallest absolute Gasteiger partial charge is 0.302 e. The first-order valence-corrected chi connectivity index (χ1v) is 7.10. The zero-order valence-electron chi connectivity index (χ0n) is 10.9. The highest BCUT2D eigenvalue weighted by Crippen LogP contribution is 2.11. The second-order valence-electron chi connectivity index (χ2n) is 3.79. The van der Waals surface area contributed by atoms with Crippen LogP contribution in [0.5, 0.6) is 0 Å². The maximum absolute atomic E-state index is 10.9. The lowest BCUT2D eigenvalue weighted by molar-refractivity contribution is -0.147. The molecular formula is C12H22O4S. The molecule has 0 N–H and O–H groups in total. The summed E-state index contributed by atoms with van der Waals surface area (Å²) in [6.45, 7) is 5.22. The Balaban J connectivity index is 3.79.